The van der Waals surface area contributed by atoms with E-state index in [9.17, 15) is 0 Å². The number of hydrogen-bond donors (Lipinski definition) is 2. The lowest BCUT2D eigenvalue weighted by atomic mass is 10.1. The van der Waals surface area contributed by atoms with Crippen molar-refractivity contribution in [1.29, 1.82) is 0 Å². The average molecular weight is 210 g/mol. The van der Waals surface area contributed by atoms with Crippen LogP contribution in [-0.2, 0) is 0 Å². The van der Waals surface area contributed by atoms with Crippen molar-refractivity contribution in [2.45, 2.75) is 51.5 Å². The molecule has 1 fully saturated rings. The molecule has 0 spiro atoms. The first kappa shape index (κ1) is 12.6. The first-order chi connectivity index (χ1) is 7.36. The van der Waals surface area contributed by atoms with Crippen molar-refractivity contribution >= 4 is 0 Å². The van der Waals surface area contributed by atoms with Crippen molar-refractivity contribution in [3.05, 3.63) is 12.3 Å². The highest BCUT2D eigenvalue weighted by Gasteiger charge is 2.20. The van der Waals surface area contributed by atoms with Gasteiger partial charge >= 0.3 is 0 Å². The lowest BCUT2D eigenvalue weighted by Gasteiger charge is -2.06. The standard InChI is InChI=1S/C13H26N2/c1-3-4-5-9-15-10-8-12-6-7-13(11-12)14-2/h8,10,12-15H,3-7,9,11H2,1-2H3. The fraction of sp³-hybridized carbons (Fsp3) is 0.846. The monoisotopic (exact) mass is 210 g/mol. The maximum atomic E-state index is 3.38. The highest BCUT2D eigenvalue weighted by atomic mass is 14.9. The van der Waals surface area contributed by atoms with Crippen LogP contribution in [0.1, 0.15) is 45.4 Å². The Kier molecular flexibility index (Phi) is 6.49. The van der Waals surface area contributed by atoms with E-state index in [1.807, 2.05) is 0 Å². The minimum Gasteiger partial charge on any atom is -0.391 e. The lowest BCUT2D eigenvalue weighted by Crippen LogP contribution is -2.21. The Balaban J connectivity index is 2.01. The number of nitrogens with one attached hydrogen (secondary N) is 2. The minimum atomic E-state index is 0.750. The lowest BCUT2D eigenvalue weighted by molar-refractivity contribution is 0.564. The summed E-state index contributed by atoms with van der Waals surface area (Å²) in [6.45, 7) is 3.37. The highest BCUT2D eigenvalue weighted by molar-refractivity contribution is 4.93. The molecular formula is C13H26N2. The molecule has 1 rings (SSSR count). The van der Waals surface area contributed by atoms with Gasteiger partial charge in [-0.25, -0.2) is 0 Å². The predicted molar refractivity (Wildman–Crippen MR) is 66.9 cm³/mol. The topological polar surface area (TPSA) is 24.1 Å². The summed E-state index contributed by atoms with van der Waals surface area (Å²) in [6.07, 6.45) is 12.4. The number of allylic oxidation sites excluding steroid dienone is 1. The number of hydrogen-bond acceptors (Lipinski definition) is 2. The average Bonchev–Trinajstić information content (AvgIpc) is 2.71. The summed E-state index contributed by atoms with van der Waals surface area (Å²) in [4.78, 5) is 0. The predicted octanol–water partition coefficient (Wildman–Crippen LogP) is 2.67. The Morgan fingerprint density at radius 3 is 2.80 bits per heavy atom. The summed E-state index contributed by atoms with van der Waals surface area (Å²) in [5.41, 5.74) is 0. The zero-order chi connectivity index (χ0) is 10.9. The summed E-state index contributed by atoms with van der Waals surface area (Å²) < 4.78 is 0. The van der Waals surface area contributed by atoms with E-state index in [0.717, 1.165) is 18.5 Å². The van der Waals surface area contributed by atoms with E-state index in [2.05, 4.69) is 36.9 Å². The van der Waals surface area contributed by atoms with Gasteiger partial charge in [0.25, 0.3) is 0 Å². The first-order valence-corrected chi connectivity index (χ1v) is 6.44. The molecule has 2 N–H and O–H groups in total. The summed E-state index contributed by atoms with van der Waals surface area (Å²) in [5, 5.41) is 6.74. The molecule has 1 aliphatic rings. The van der Waals surface area contributed by atoms with E-state index in [1.165, 1.54) is 38.5 Å². The Morgan fingerprint density at radius 2 is 2.13 bits per heavy atom. The molecule has 0 aromatic heterocycles. The van der Waals surface area contributed by atoms with Gasteiger partial charge < -0.3 is 10.6 Å². The smallest absolute Gasteiger partial charge is 0.0141 e. The van der Waals surface area contributed by atoms with Crippen LogP contribution in [0.4, 0.5) is 0 Å². The van der Waals surface area contributed by atoms with E-state index in [-0.39, 0.29) is 0 Å². The van der Waals surface area contributed by atoms with Gasteiger partial charge in [-0.05, 0) is 44.8 Å². The number of rotatable bonds is 7. The van der Waals surface area contributed by atoms with Gasteiger partial charge in [0.2, 0.25) is 0 Å². The van der Waals surface area contributed by atoms with E-state index < -0.39 is 0 Å². The molecule has 0 aliphatic heterocycles. The molecule has 0 bridgehead atoms. The van der Waals surface area contributed by atoms with Gasteiger partial charge in [0, 0.05) is 12.6 Å². The highest BCUT2D eigenvalue weighted by Crippen LogP contribution is 2.25. The number of unbranched alkanes of at least 4 members (excludes halogenated alkanes) is 2. The van der Waals surface area contributed by atoms with Gasteiger partial charge in [0.1, 0.15) is 0 Å². The third kappa shape index (κ3) is 5.22. The fourth-order valence-corrected chi connectivity index (χ4v) is 2.22. The fourth-order valence-electron chi connectivity index (χ4n) is 2.22. The zero-order valence-corrected chi connectivity index (χ0v) is 10.3. The van der Waals surface area contributed by atoms with Crippen molar-refractivity contribution < 1.29 is 0 Å². The molecular weight excluding hydrogens is 184 g/mol. The van der Waals surface area contributed by atoms with Crippen LogP contribution in [0.2, 0.25) is 0 Å². The van der Waals surface area contributed by atoms with Gasteiger partial charge in [-0.2, -0.15) is 0 Å². The van der Waals surface area contributed by atoms with Crippen molar-refractivity contribution in [3.8, 4) is 0 Å². The van der Waals surface area contributed by atoms with Crippen LogP contribution >= 0.6 is 0 Å². The second-order valence-corrected chi connectivity index (χ2v) is 4.58. The normalized spacial score (nSPS) is 26.3. The molecule has 0 heterocycles. The third-order valence-corrected chi connectivity index (χ3v) is 3.29. The second kappa shape index (κ2) is 7.75. The molecule has 0 aromatic rings. The molecule has 0 aromatic carbocycles. The molecule has 2 nitrogen and oxygen atoms in total. The van der Waals surface area contributed by atoms with Crippen molar-refractivity contribution in [2.24, 2.45) is 5.92 Å². The maximum Gasteiger partial charge on any atom is 0.0141 e. The van der Waals surface area contributed by atoms with Crippen LogP contribution in [-0.4, -0.2) is 19.6 Å². The van der Waals surface area contributed by atoms with Crippen LogP contribution in [0.25, 0.3) is 0 Å². The van der Waals surface area contributed by atoms with Gasteiger partial charge in [0.05, 0.1) is 0 Å². The molecule has 1 saturated carbocycles. The molecule has 2 atom stereocenters. The largest absolute Gasteiger partial charge is 0.391 e. The van der Waals surface area contributed by atoms with Crippen LogP contribution in [0.3, 0.4) is 0 Å². The molecule has 2 heteroatoms. The Morgan fingerprint density at radius 1 is 1.27 bits per heavy atom. The summed E-state index contributed by atoms with van der Waals surface area (Å²) in [7, 11) is 2.07. The molecule has 0 amide bonds. The molecule has 2 unspecified atom stereocenters. The first-order valence-electron chi connectivity index (χ1n) is 6.44. The molecule has 0 radical (unpaired) electrons. The van der Waals surface area contributed by atoms with Crippen molar-refractivity contribution in [1.82, 2.24) is 10.6 Å². The van der Waals surface area contributed by atoms with Crippen LogP contribution in [0.15, 0.2) is 12.3 Å². The van der Waals surface area contributed by atoms with Crippen LogP contribution in [0.5, 0.6) is 0 Å². The molecule has 15 heavy (non-hydrogen) atoms. The van der Waals surface area contributed by atoms with Gasteiger partial charge in [-0.3, -0.25) is 0 Å². The Labute approximate surface area is 94.5 Å². The summed E-state index contributed by atoms with van der Waals surface area (Å²) in [6, 6.07) is 0.750. The maximum absolute atomic E-state index is 3.38. The molecule has 0 saturated heterocycles. The van der Waals surface area contributed by atoms with Gasteiger partial charge in [-0.1, -0.05) is 25.8 Å². The van der Waals surface area contributed by atoms with Crippen LogP contribution in [0, 0.1) is 5.92 Å². The molecule has 1 aliphatic carbocycles. The second-order valence-electron chi connectivity index (χ2n) is 4.58. The molecule has 88 valence electrons. The SMILES string of the molecule is CCCCCNC=CC1CCC(NC)C1. The Hall–Kier alpha value is -0.500. The van der Waals surface area contributed by atoms with E-state index >= 15 is 0 Å². The summed E-state index contributed by atoms with van der Waals surface area (Å²) >= 11 is 0. The van der Waals surface area contributed by atoms with E-state index in [0.29, 0.717) is 0 Å². The zero-order valence-electron chi connectivity index (χ0n) is 10.3. The summed E-state index contributed by atoms with van der Waals surface area (Å²) in [5.74, 6) is 0.793. The third-order valence-electron chi connectivity index (χ3n) is 3.29. The van der Waals surface area contributed by atoms with Gasteiger partial charge in [-0.15, -0.1) is 0 Å². The Bertz CT molecular complexity index is 177. The van der Waals surface area contributed by atoms with Crippen molar-refractivity contribution in [2.75, 3.05) is 13.6 Å². The van der Waals surface area contributed by atoms with E-state index in [1.54, 1.807) is 0 Å². The quantitative estimate of drug-likeness (QED) is 0.631. The van der Waals surface area contributed by atoms with E-state index in [4.69, 9.17) is 0 Å². The minimum absolute atomic E-state index is 0.750. The van der Waals surface area contributed by atoms with Gasteiger partial charge in [0.15, 0.2) is 0 Å². The van der Waals surface area contributed by atoms with Crippen LogP contribution < -0.4 is 10.6 Å². The van der Waals surface area contributed by atoms with Crippen molar-refractivity contribution in [3.63, 3.8) is 0 Å².